The van der Waals surface area contributed by atoms with Crippen LogP contribution in [0, 0.1) is 6.92 Å². The van der Waals surface area contributed by atoms with Crippen LogP contribution in [0.1, 0.15) is 11.1 Å². The Morgan fingerprint density at radius 1 is 1.28 bits per heavy atom. The first-order valence-corrected chi connectivity index (χ1v) is 5.64. The Balaban J connectivity index is 1.86. The lowest BCUT2D eigenvalue weighted by atomic mass is 10.2. The van der Waals surface area contributed by atoms with Gasteiger partial charge in [-0.05, 0) is 30.2 Å². The van der Waals surface area contributed by atoms with Crippen molar-refractivity contribution in [2.75, 3.05) is 5.32 Å². The number of amides is 1. The van der Waals surface area contributed by atoms with Gasteiger partial charge in [0.2, 0.25) is 0 Å². The van der Waals surface area contributed by atoms with Crippen LogP contribution >= 0.6 is 0 Å². The number of ether oxygens (including phenoxy) is 1. The second-order valence-electron chi connectivity index (χ2n) is 3.91. The molecular weight excluding hydrogens is 228 g/mol. The number of aryl methyl sites for hydroxylation is 1. The molecular formula is C14H14N2O2. The van der Waals surface area contributed by atoms with Gasteiger partial charge in [-0.3, -0.25) is 5.32 Å². The second kappa shape index (κ2) is 5.82. The summed E-state index contributed by atoms with van der Waals surface area (Å²) in [6, 6.07) is 13.2. The molecule has 2 aromatic rings. The summed E-state index contributed by atoms with van der Waals surface area (Å²) in [4.78, 5) is 15.5. The molecule has 0 radical (unpaired) electrons. The van der Waals surface area contributed by atoms with E-state index in [1.807, 2.05) is 43.3 Å². The standard InChI is InChI=1S/C14H14N2O2/c1-11-7-8-15-13(9-11)16-14(17)18-10-12-5-3-2-4-6-12/h2-9H,10H2,1H3,(H,15,16,17). The van der Waals surface area contributed by atoms with Crippen molar-refractivity contribution in [1.29, 1.82) is 0 Å². The Hall–Kier alpha value is -2.36. The van der Waals surface area contributed by atoms with Gasteiger partial charge in [0.25, 0.3) is 0 Å². The number of hydrogen-bond donors (Lipinski definition) is 1. The lowest BCUT2D eigenvalue weighted by molar-refractivity contribution is 0.155. The van der Waals surface area contributed by atoms with E-state index < -0.39 is 6.09 Å². The van der Waals surface area contributed by atoms with Crippen molar-refractivity contribution < 1.29 is 9.53 Å². The summed E-state index contributed by atoms with van der Waals surface area (Å²) in [7, 11) is 0. The van der Waals surface area contributed by atoms with Crippen LogP contribution < -0.4 is 5.32 Å². The third kappa shape index (κ3) is 3.59. The molecule has 0 aliphatic carbocycles. The van der Waals surface area contributed by atoms with E-state index in [4.69, 9.17) is 4.74 Å². The van der Waals surface area contributed by atoms with Crippen LogP contribution in [-0.4, -0.2) is 11.1 Å². The molecule has 0 aliphatic rings. The summed E-state index contributed by atoms with van der Waals surface area (Å²) in [5.74, 6) is 0.494. The van der Waals surface area contributed by atoms with Gasteiger partial charge in [-0.1, -0.05) is 30.3 Å². The van der Waals surface area contributed by atoms with Crippen LogP contribution in [0.4, 0.5) is 10.6 Å². The van der Waals surface area contributed by atoms with E-state index in [-0.39, 0.29) is 6.61 Å². The minimum atomic E-state index is -0.503. The molecule has 1 aromatic heterocycles. The summed E-state index contributed by atoms with van der Waals surface area (Å²) >= 11 is 0. The molecule has 0 fully saturated rings. The van der Waals surface area contributed by atoms with E-state index in [2.05, 4.69) is 10.3 Å². The summed E-state index contributed by atoms with van der Waals surface area (Å²) in [6.45, 7) is 2.18. The highest BCUT2D eigenvalue weighted by Gasteiger charge is 2.04. The van der Waals surface area contributed by atoms with Gasteiger partial charge >= 0.3 is 6.09 Å². The maximum atomic E-state index is 11.5. The number of nitrogens with one attached hydrogen (secondary N) is 1. The molecule has 4 heteroatoms. The summed E-state index contributed by atoms with van der Waals surface area (Å²) in [5.41, 5.74) is 1.98. The smallest absolute Gasteiger partial charge is 0.413 e. The molecule has 1 amide bonds. The predicted molar refractivity (Wildman–Crippen MR) is 69.2 cm³/mol. The number of rotatable bonds is 3. The fourth-order valence-electron chi connectivity index (χ4n) is 1.47. The van der Waals surface area contributed by atoms with Gasteiger partial charge in [0.1, 0.15) is 12.4 Å². The zero-order valence-corrected chi connectivity index (χ0v) is 10.1. The van der Waals surface area contributed by atoms with E-state index in [0.717, 1.165) is 11.1 Å². The molecule has 0 unspecified atom stereocenters. The molecule has 2 rings (SSSR count). The van der Waals surface area contributed by atoms with Crippen LogP contribution in [0.25, 0.3) is 0 Å². The van der Waals surface area contributed by atoms with Gasteiger partial charge in [0, 0.05) is 6.20 Å². The van der Waals surface area contributed by atoms with Crippen molar-refractivity contribution in [2.24, 2.45) is 0 Å². The topological polar surface area (TPSA) is 51.2 Å². The lowest BCUT2D eigenvalue weighted by Gasteiger charge is -2.06. The number of hydrogen-bond acceptors (Lipinski definition) is 3. The SMILES string of the molecule is Cc1ccnc(NC(=O)OCc2ccccc2)c1. The Morgan fingerprint density at radius 3 is 2.78 bits per heavy atom. The monoisotopic (exact) mass is 242 g/mol. The number of aromatic nitrogens is 1. The largest absolute Gasteiger partial charge is 0.444 e. The molecule has 1 heterocycles. The van der Waals surface area contributed by atoms with Crippen LogP contribution in [-0.2, 0) is 11.3 Å². The van der Waals surface area contributed by atoms with E-state index in [1.54, 1.807) is 12.3 Å². The Labute approximate surface area is 106 Å². The number of benzene rings is 1. The van der Waals surface area contributed by atoms with Gasteiger partial charge in [-0.2, -0.15) is 0 Å². The first-order chi connectivity index (χ1) is 8.74. The van der Waals surface area contributed by atoms with Crippen molar-refractivity contribution >= 4 is 11.9 Å². The minimum absolute atomic E-state index is 0.249. The van der Waals surface area contributed by atoms with Gasteiger partial charge in [-0.25, -0.2) is 9.78 Å². The van der Waals surface area contributed by atoms with E-state index in [1.165, 1.54) is 0 Å². The van der Waals surface area contributed by atoms with Crippen LogP contribution in [0.15, 0.2) is 48.7 Å². The van der Waals surface area contributed by atoms with Crippen molar-refractivity contribution in [1.82, 2.24) is 4.98 Å². The minimum Gasteiger partial charge on any atom is -0.444 e. The van der Waals surface area contributed by atoms with Crippen molar-refractivity contribution in [3.8, 4) is 0 Å². The molecule has 0 aliphatic heterocycles. The molecule has 0 bridgehead atoms. The Bertz CT molecular complexity index is 526. The van der Waals surface area contributed by atoms with Gasteiger partial charge in [0.15, 0.2) is 0 Å². The molecule has 0 atom stereocenters. The highest BCUT2D eigenvalue weighted by molar-refractivity contribution is 5.83. The summed E-state index contributed by atoms with van der Waals surface area (Å²) in [6.07, 6.45) is 1.14. The quantitative estimate of drug-likeness (QED) is 0.899. The zero-order chi connectivity index (χ0) is 12.8. The van der Waals surface area contributed by atoms with Crippen molar-refractivity contribution in [2.45, 2.75) is 13.5 Å². The fraction of sp³-hybridized carbons (Fsp3) is 0.143. The Kier molecular flexibility index (Phi) is 3.91. The predicted octanol–water partition coefficient (Wildman–Crippen LogP) is 3.14. The zero-order valence-electron chi connectivity index (χ0n) is 10.1. The van der Waals surface area contributed by atoms with Crippen molar-refractivity contribution in [3.05, 3.63) is 59.8 Å². The molecule has 0 saturated heterocycles. The highest BCUT2D eigenvalue weighted by atomic mass is 16.5. The third-order valence-electron chi connectivity index (χ3n) is 2.36. The average molecular weight is 242 g/mol. The maximum Gasteiger partial charge on any atom is 0.413 e. The normalized spacial score (nSPS) is 9.83. The molecule has 4 nitrogen and oxygen atoms in total. The molecule has 0 spiro atoms. The summed E-state index contributed by atoms with van der Waals surface area (Å²) < 4.78 is 5.08. The number of carbonyl (C=O) groups excluding carboxylic acids is 1. The van der Waals surface area contributed by atoms with Gasteiger partial charge in [0.05, 0.1) is 0 Å². The number of pyridine rings is 1. The average Bonchev–Trinajstić information content (AvgIpc) is 2.38. The maximum absolute atomic E-state index is 11.5. The lowest BCUT2D eigenvalue weighted by Crippen LogP contribution is -2.14. The molecule has 1 aromatic carbocycles. The molecule has 0 saturated carbocycles. The van der Waals surface area contributed by atoms with Crippen LogP contribution in [0.2, 0.25) is 0 Å². The van der Waals surface area contributed by atoms with Gasteiger partial charge in [-0.15, -0.1) is 0 Å². The molecule has 92 valence electrons. The number of anilines is 1. The molecule has 1 N–H and O–H groups in total. The van der Waals surface area contributed by atoms with Crippen LogP contribution in [0.3, 0.4) is 0 Å². The van der Waals surface area contributed by atoms with Gasteiger partial charge < -0.3 is 4.74 Å². The van der Waals surface area contributed by atoms with E-state index in [0.29, 0.717) is 5.82 Å². The van der Waals surface area contributed by atoms with Crippen molar-refractivity contribution in [3.63, 3.8) is 0 Å². The highest BCUT2D eigenvalue weighted by Crippen LogP contribution is 2.06. The molecule has 18 heavy (non-hydrogen) atoms. The number of carbonyl (C=O) groups is 1. The second-order valence-corrected chi connectivity index (χ2v) is 3.91. The first kappa shape index (κ1) is 12.1. The van der Waals surface area contributed by atoms with Crippen LogP contribution in [0.5, 0.6) is 0 Å². The van der Waals surface area contributed by atoms with E-state index >= 15 is 0 Å². The fourth-order valence-corrected chi connectivity index (χ4v) is 1.47. The third-order valence-corrected chi connectivity index (χ3v) is 2.36. The van der Waals surface area contributed by atoms with E-state index in [9.17, 15) is 4.79 Å². The first-order valence-electron chi connectivity index (χ1n) is 5.64. The Morgan fingerprint density at radius 2 is 2.06 bits per heavy atom. The number of nitrogens with zero attached hydrogens (tertiary/aromatic N) is 1. The summed E-state index contributed by atoms with van der Waals surface area (Å²) in [5, 5.41) is 2.58.